The lowest BCUT2D eigenvalue weighted by atomic mass is 9.76. The highest BCUT2D eigenvalue weighted by molar-refractivity contribution is 6.03. The molecule has 2 atom stereocenters. The Morgan fingerprint density at radius 3 is 1.50 bits per heavy atom. The predicted octanol–water partition coefficient (Wildman–Crippen LogP) is -0.580. The van der Waals surface area contributed by atoms with E-state index in [0.29, 0.717) is 0 Å². The molecular formula is C8H12O4. The van der Waals surface area contributed by atoms with E-state index in [1.54, 1.807) is 0 Å². The van der Waals surface area contributed by atoms with Gasteiger partial charge in [-0.15, -0.1) is 0 Å². The normalized spacial score (nSPS) is 43.3. The molecule has 1 aliphatic rings. The van der Waals surface area contributed by atoms with Gasteiger partial charge < -0.3 is 10.2 Å². The maximum Gasteiger partial charge on any atom is 0.167 e. The predicted molar refractivity (Wildman–Crippen MR) is 40.5 cm³/mol. The SMILES string of the molecule is C[C@]1(O)CC(=O)[C@](C)(O)CC1=O. The molecule has 12 heavy (non-hydrogen) atoms. The third kappa shape index (κ3) is 1.40. The van der Waals surface area contributed by atoms with Crippen LogP contribution in [-0.4, -0.2) is 33.0 Å². The Morgan fingerprint density at radius 1 is 1.00 bits per heavy atom. The van der Waals surface area contributed by atoms with E-state index in [1.807, 2.05) is 0 Å². The van der Waals surface area contributed by atoms with Crippen LogP contribution in [0.5, 0.6) is 0 Å². The zero-order valence-electron chi connectivity index (χ0n) is 7.13. The molecule has 2 N–H and O–H groups in total. The first kappa shape index (κ1) is 9.35. The Kier molecular flexibility index (Phi) is 1.85. The van der Waals surface area contributed by atoms with Crippen LogP contribution in [0, 0.1) is 0 Å². The molecule has 1 fully saturated rings. The number of Topliss-reactive ketones (excluding diaryl/α,β-unsaturated/α-hetero) is 2. The minimum atomic E-state index is -1.58. The van der Waals surface area contributed by atoms with E-state index in [9.17, 15) is 19.8 Å². The van der Waals surface area contributed by atoms with E-state index in [4.69, 9.17) is 0 Å². The van der Waals surface area contributed by atoms with Gasteiger partial charge in [-0.2, -0.15) is 0 Å². The molecule has 0 unspecified atom stereocenters. The first-order valence-electron chi connectivity index (χ1n) is 3.77. The quantitative estimate of drug-likeness (QED) is 0.512. The van der Waals surface area contributed by atoms with E-state index in [-0.39, 0.29) is 12.8 Å². The average Bonchev–Trinajstić information content (AvgIpc) is 1.82. The van der Waals surface area contributed by atoms with Crippen LogP contribution in [0.2, 0.25) is 0 Å². The van der Waals surface area contributed by atoms with Crippen molar-refractivity contribution < 1.29 is 19.8 Å². The summed E-state index contributed by atoms with van der Waals surface area (Å²) in [7, 11) is 0. The summed E-state index contributed by atoms with van der Waals surface area (Å²) in [5, 5.41) is 18.7. The fourth-order valence-electron chi connectivity index (χ4n) is 1.20. The third-order valence-corrected chi connectivity index (χ3v) is 2.21. The largest absolute Gasteiger partial charge is 0.382 e. The Morgan fingerprint density at radius 2 is 1.25 bits per heavy atom. The van der Waals surface area contributed by atoms with Gasteiger partial charge in [0, 0.05) is 12.8 Å². The maximum atomic E-state index is 11.1. The number of carbonyl (C=O) groups is 2. The Bertz CT molecular complexity index is 213. The van der Waals surface area contributed by atoms with E-state index in [2.05, 4.69) is 0 Å². The van der Waals surface area contributed by atoms with Crippen molar-refractivity contribution in [3.8, 4) is 0 Å². The van der Waals surface area contributed by atoms with E-state index in [1.165, 1.54) is 13.8 Å². The van der Waals surface area contributed by atoms with Crippen molar-refractivity contribution in [3.05, 3.63) is 0 Å². The summed E-state index contributed by atoms with van der Waals surface area (Å²) in [5.41, 5.74) is -3.17. The van der Waals surface area contributed by atoms with Crippen LogP contribution in [0.25, 0.3) is 0 Å². The summed E-state index contributed by atoms with van der Waals surface area (Å²) in [4.78, 5) is 22.2. The van der Waals surface area contributed by atoms with E-state index >= 15 is 0 Å². The fourth-order valence-corrected chi connectivity index (χ4v) is 1.20. The second-order valence-electron chi connectivity index (χ2n) is 3.75. The molecule has 0 amide bonds. The Labute approximate surface area is 70.2 Å². The smallest absolute Gasteiger partial charge is 0.167 e. The van der Waals surface area contributed by atoms with E-state index < -0.39 is 22.8 Å². The highest BCUT2D eigenvalue weighted by Gasteiger charge is 2.47. The lowest BCUT2D eigenvalue weighted by molar-refractivity contribution is -0.161. The first-order chi connectivity index (χ1) is 5.26. The topological polar surface area (TPSA) is 74.6 Å². The lowest BCUT2D eigenvalue weighted by Gasteiger charge is -2.33. The highest BCUT2D eigenvalue weighted by atomic mass is 16.3. The van der Waals surface area contributed by atoms with Crippen molar-refractivity contribution in [1.29, 1.82) is 0 Å². The monoisotopic (exact) mass is 172 g/mol. The van der Waals surface area contributed by atoms with Gasteiger partial charge in [0.1, 0.15) is 11.2 Å². The number of hydrogen-bond acceptors (Lipinski definition) is 4. The fraction of sp³-hybridized carbons (Fsp3) is 0.750. The molecular weight excluding hydrogens is 160 g/mol. The number of carbonyl (C=O) groups excluding carboxylic acids is 2. The molecule has 1 rings (SSSR count). The summed E-state index contributed by atoms with van der Waals surface area (Å²) >= 11 is 0. The molecule has 1 saturated carbocycles. The standard InChI is InChI=1S/C8H12O4/c1-7(11)3-6(10)8(2,12)4-5(7)9/h11-12H,3-4H2,1-2H3/t7-,8+. The van der Waals surface area contributed by atoms with Crippen molar-refractivity contribution in [2.45, 2.75) is 37.9 Å². The lowest BCUT2D eigenvalue weighted by Crippen LogP contribution is -2.53. The van der Waals surface area contributed by atoms with Crippen LogP contribution in [0.4, 0.5) is 0 Å². The van der Waals surface area contributed by atoms with Gasteiger partial charge in [0.2, 0.25) is 0 Å². The van der Waals surface area contributed by atoms with Crippen LogP contribution in [0.3, 0.4) is 0 Å². The van der Waals surface area contributed by atoms with Crippen LogP contribution in [0.1, 0.15) is 26.7 Å². The van der Waals surface area contributed by atoms with Gasteiger partial charge in [0.25, 0.3) is 0 Å². The zero-order chi connectivity index (χ0) is 9.57. The molecule has 0 aromatic heterocycles. The Balaban J connectivity index is 2.91. The molecule has 0 bridgehead atoms. The molecule has 0 aromatic carbocycles. The maximum absolute atomic E-state index is 11.1. The molecule has 0 saturated heterocycles. The van der Waals surface area contributed by atoms with Crippen LogP contribution in [0.15, 0.2) is 0 Å². The van der Waals surface area contributed by atoms with Crippen molar-refractivity contribution in [2.75, 3.05) is 0 Å². The average molecular weight is 172 g/mol. The second kappa shape index (κ2) is 2.37. The number of hydrogen-bond donors (Lipinski definition) is 2. The van der Waals surface area contributed by atoms with Gasteiger partial charge in [-0.3, -0.25) is 9.59 Å². The van der Waals surface area contributed by atoms with Gasteiger partial charge >= 0.3 is 0 Å². The third-order valence-electron chi connectivity index (χ3n) is 2.21. The van der Waals surface area contributed by atoms with Crippen LogP contribution < -0.4 is 0 Å². The van der Waals surface area contributed by atoms with Gasteiger partial charge in [-0.25, -0.2) is 0 Å². The van der Waals surface area contributed by atoms with Crippen LogP contribution >= 0.6 is 0 Å². The summed E-state index contributed by atoms with van der Waals surface area (Å²) in [6.07, 6.45) is -0.586. The summed E-state index contributed by atoms with van der Waals surface area (Å²) in [6, 6.07) is 0. The van der Waals surface area contributed by atoms with Crippen molar-refractivity contribution in [3.63, 3.8) is 0 Å². The van der Waals surface area contributed by atoms with Crippen LogP contribution in [-0.2, 0) is 9.59 Å². The number of aliphatic hydroxyl groups is 2. The molecule has 0 heterocycles. The zero-order valence-corrected chi connectivity index (χ0v) is 7.13. The van der Waals surface area contributed by atoms with Gasteiger partial charge in [0.05, 0.1) is 0 Å². The van der Waals surface area contributed by atoms with Gasteiger partial charge in [-0.05, 0) is 13.8 Å². The minimum absolute atomic E-state index is 0.293. The minimum Gasteiger partial charge on any atom is -0.382 e. The highest BCUT2D eigenvalue weighted by Crippen LogP contribution is 2.28. The first-order valence-corrected chi connectivity index (χ1v) is 3.77. The van der Waals surface area contributed by atoms with Gasteiger partial charge in [0.15, 0.2) is 11.6 Å². The van der Waals surface area contributed by atoms with Crippen molar-refractivity contribution in [2.24, 2.45) is 0 Å². The van der Waals surface area contributed by atoms with Crippen molar-refractivity contribution in [1.82, 2.24) is 0 Å². The molecule has 0 aromatic rings. The number of rotatable bonds is 0. The molecule has 0 radical (unpaired) electrons. The molecule has 4 heteroatoms. The molecule has 0 aliphatic heterocycles. The summed E-state index contributed by atoms with van der Waals surface area (Å²) < 4.78 is 0. The van der Waals surface area contributed by atoms with E-state index in [0.717, 1.165) is 0 Å². The molecule has 1 aliphatic carbocycles. The summed E-state index contributed by atoms with van der Waals surface area (Å²) in [5.74, 6) is -0.959. The Hall–Kier alpha value is -0.740. The summed E-state index contributed by atoms with van der Waals surface area (Å²) in [6.45, 7) is 2.59. The number of ketones is 2. The molecule has 4 nitrogen and oxygen atoms in total. The van der Waals surface area contributed by atoms with Gasteiger partial charge in [-0.1, -0.05) is 0 Å². The molecule has 0 spiro atoms. The van der Waals surface area contributed by atoms with Crippen molar-refractivity contribution >= 4 is 11.6 Å². The second-order valence-corrected chi connectivity index (χ2v) is 3.75. The molecule has 68 valence electrons.